The van der Waals surface area contributed by atoms with Gasteiger partial charge in [0.15, 0.2) is 0 Å². The van der Waals surface area contributed by atoms with Gasteiger partial charge < -0.3 is 14.6 Å². The van der Waals surface area contributed by atoms with Crippen molar-refractivity contribution >= 4 is 6.47 Å². The number of aryl methyl sites for hydroxylation is 1. The van der Waals surface area contributed by atoms with Crippen molar-refractivity contribution in [3.8, 4) is 11.3 Å². The first-order valence-corrected chi connectivity index (χ1v) is 7.55. The van der Waals surface area contributed by atoms with Gasteiger partial charge in [0, 0.05) is 24.8 Å². The molecule has 1 aromatic heterocycles. The Hall–Kier alpha value is -2.40. The van der Waals surface area contributed by atoms with E-state index in [0.29, 0.717) is 12.0 Å². The van der Waals surface area contributed by atoms with E-state index in [1.165, 1.54) is 6.07 Å². The summed E-state index contributed by atoms with van der Waals surface area (Å²) in [7, 11) is 1.88. The normalized spacial score (nSPS) is 11.0. The maximum atomic E-state index is 14.1. The molecule has 1 aromatic carbocycles. The highest BCUT2D eigenvalue weighted by Crippen LogP contribution is 2.25. The average molecular weight is 316 g/mol. The number of halogens is 1. The van der Waals surface area contributed by atoms with E-state index in [4.69, 9.17) is 0 Å². The first-order valence-electron chi connectivity index (χ1n) is 7.55. The Kier molecular flexibility index (Phi) is 6.56. The van der Waals surface area contributed by atoms with Gasteiger partial charge in [0.05, 0.1) is 5.69 Å². The van der Waals surface area contributed by atoms with Crippen molar-refractivity contribution in [2.75, 3.05) is 13.7 Å². The molecular formula is C18H21FN2O2. The molecular weight excluding hydrogens is 295 g/mol. The fraction of sp³-hybridized carbons (Fsp3) is 0.278. The minimum atomic E-state index is -0.224. The Morgan fingerprint density at radius 2 is 2.13 bits per heavy atom. The van der Waals surface area contributed by atoms with Crippen LogP contribution in [0.4, 0.5) is 4.39 Å². The van der Waals surface area contributed by atoms with Gasteiger partial charge >= 0.3 is 0 Å². The van der Waals surface area contributed by atoms with E-state index in [-0.39, 0.29) is 12.4 Å². The number of ether oxygens (including phenoxy) is 1. The third-order valence-electron chi connectivity index (χ3n) is 3.45. The van der Waals surface area contributed by atoms with Gasteiger partial charge in [-0.15, -0.1) is 0 Å². The van der Waals surface area contributed by atoms with Crippen LogP contribution in [0.25, 0.3) is 11.3 Å². The molecule has 0 spiro atoms. The number of carbonyl (C=O) groups is 1. The van der Waals surface area contributed by atoms with E-state index in [0.717, 1.165) is 30.8 Å². The molecule has 5 heteroatoms. The second-order valence-corrected chi connectivity index (χ2v) is 5.13. The molecule has 2 aromatic rings. The summed E-state index contributed by atoms with van der Waals surface area (Å²) in [5.74, 6) is -0.224. The Labute approximate surface area is 135 Å². The van der Waals surface area contributed by atoms with Crippen LogP contribution in [0.3, 0.4) is 0 Å². The summed E-state index contributed by atoms with van der Waals surface area (Å²) in [4.78, 5) is 10.1. The molecule has 0 radical (unpaired) electrons. The fourth-order valence-corrected chi connectivity index (χ4v) is 2.45. The number of rotatable bonds is 9. The second kappa shape index (κ2) is 8.90. The van der Waals surface area contributed by atoms with Gasteiger partial charge in [-0.1, -0.05) is 24.3 Å². The summed E-state index contributed by atoms with van der Waals surface area (Å²) >= 11 is 0. The highest BCUT2D eigenvalue weighted by molar-refractivity contribution is 5.62. The molecule has 0 bridgehead atoms. The topological polar surface area (TPSA) is 43.3 Å². The molecule has 0 aliphatic carbocycles. The van der Waals surface area contributed by atoms with Gasteiger partial charge in [-0.2, -0.15) is 0 Å². The van der Waals surface area contributed by atoms with E-state index in [9.17, 15) is 9.18 Å². The van der Waals surface area contributed by atoms with Gasteiger partial charge in [0.1, 0.15) is 12.4 Å². The van der Waals surface area contributed by atoms with Crippen molar-refractivity contribution in [3.05, 3.63) is 60.1 Å². The largest absolute Gasteiger partial charge is 0.464 e. The molecule has 122 valence electrons. The number of benzene rings is 1. The minimum Gasteiger partial charge on any atom is -0.464 e. The molecule has 0 fully saturated rings. The molecule has 23 heavy (non-hydrogen) atoms. The van der Waals surface area contributed by atoms with Gasteiger partial charge in [-0.25, -0.2) is 4.39 Å². The third-order valence-corrected chi connectivity index (χ3v) is 3.45. The van der Waals surface area contributed by atoms with Crippen LogP contribution in [-0.4, -0.2) is 24.7 Å². The molecule has 0 atom stereocenters. The predicted octanol–water partition coefficient (Wildman–Crippen LogP) is 3.13. The second-order valence-electron chi connectivity index (χ2n) is 5.13. The molecule has 1 heterocycles. The van der Waals surface area contributed by atoms with Crippen LogP contribution < -0.4 is 5.32 Å². The van der Waals surface area contributed by atoms with E-state index in [2.05, 4.69) is 14.6 Å². The third kappa shape index (κ3) is 4.79. The van der Waals surface area contributed by atoms with Crippen LogP contribution in [0.2, 0.25) is 0 Å². The summed E-state index contributed by atoms with van der Waals surface area (Å²) in [6, 6.07) is 8.80. The molecule has 0 aliphatic heterocycles. The van der Waals surface area contributed by atoms with E-state index >= 15 is 0 Å². The molecule has 0 amide bonds. The van der Waals surface area contributed by atoms with Crippen molar-refractivity contribution in [2.45, 2.75) is 19.5 Å². The van der Waals surface area contributed by atoms with Crippen molar-refractivity contribution in [1.82, 2.24) is 9.88 Å². The standard InChI is InChI=1S/C18H21FN2O2/c1-20-12-15-11-18(16-7-3-4-8-17(16)19)21(13-15)9-5-2-6-10-23-14-22/h2-4,6-8,11,13-14,20H,5,9-10,12H2,1H3/b6-2+. The Bertz CT molecular complexity index is 665. The van der Waals surface area contributed by atoms with E-state index in [1.807, 2.05) is 31.5 Å². The highest BCUT2D eigenvalue weighted by Gasteiger charge is 2.11. The number of hydrogen-bond donors (Lipinski definition) is 1. The van der Waals surface area contributed by atoms with Crippen LogP contribution in [0.15, 0.2) is 48.7 Å². The van der Waals surface area contributed by atoms with Crippen LogP contribution in [-0.2, 0) is 22.6 Å². The van der Waals surface area contributed by atoms with E-state index in [1.54, 1.807) is 18.2 Å². The summed E-state index contributed by atoms with van der Waals surface area (Å²) in [5, 5.41) is 3.11. The first-order chi connectivity index (χ1) is 11.3. The number of hydrogen-bond acceptors (Lipinski definition) is 3. The molecule has 4 nitrogen and oxygen atoms in total. The van der Waals surface area contributed by atoms with Gasteiger partial charge in [0.2, 0.25) is 0 Å². The van der Waals surface area contributed by atoms with E-state index < -0.39 is 0 Å². The summed E-state index contributed by atoms with van der Waals surface area (Å²) in [6.45, 7) is 2.17. The quantitative estimate of drug-likeness (QED) is 0.439. The van der Waals surface area contributed by atoms with Crippen molar-refractivity contribution in [2.24, 2.45) is 0 Å². The number of nitrogens with zero attached hydrogens (tertiary/aromatic N) is 1. The van der Waals surface area contributed by atoms with Gasteiger partial charge in [-0.05, 0) is 37.2 Å². The lowest BCUT2D eigenvalue weighted by Crippen LogP contribution is -2.04. The monoisotopic (exact) mass is 316 g/mol. The minimum absolute atomic E-state index is 0.224. The van der Waals surface area contributed by atoms with Gasteiger partial charge in [-0.3, -0.25) is 4.79 Å². The fourth-order valence-electron chi connectivity index (χ4n) is 2.45. The zero-order valence-corrected chi connectivity index (χ0v) is 13.2. The summed E-state index contributed by atoms with van der Waals surface area (Å²) < 4.78 is 20.7. The number of aromatic nitrogens is 1. The summed E-state index contributed by atoms with van der Waals surface area (Å²) in [5.41, 5.74) is 2.58. The highest BCUT2D eigenvalue weighted by atomic mass is 19.1. The molecule has 2 rings (SSSR count). The van der Waals surface area contributed by atoms with Crippen LogP contribution in [0.5, 0.6) is 0 Å². The number of allylic oxidation sites excluding steroid dienone is 1. The SMILES string of the molecule is CNCc1cc(-c2ccccc2F)n(CC/C=C/COC=O)c1. The number of carbonyl (C=O) groups excluding carboxylic acids is 1. The maximum Gasteiger partial charge on any atom is 0.293 e. The molecule has 0 unspecified atom stereocenters. The Morgan fingerprint density at radius 1 is 1.30 bits per heavy atom. The average Bonchev–Trinajstić information content (AvgIpc) is 2.94. The molecule has 0 saturated carbocycles. The van der Waals surface area contributed by atoms with Crippen LogP contribution in [0.1, 0.15) is 12.0 Å². The molecule has 1 N–H and O–H groups in total. The molecule has 0 saturated heterocycles. The Morgan fingerprint density at radius 3 is 2.87 bits per heavy atom. The number of nitrogens with one attached hydrogen (secondary N) is 1. The van der Waals surface area contributed by atoms with Crippen molar-refractivity contribution < 1.29 is 13.9 Å². The lowest BCUT2D eigenvalue weighted by Gasteiger charge is -2.08. The van der Waals surface area contributed by atoms with Crippen LogP contribution >= 0.6 is 0 Å². The smallest absolute Gasteiger partial charge is 0.293 e. The van der Waals surface area contributed by atoms with Crippen molar-refractivity contribution in [3.63, 3.8) is 0 Å². The van der Waals surface area contributed by atoms with Crippen LogP contribution in [0, 0.1) is 5.82 Å². The first kappa shape index (κ1) is 17.0. The predicted molar refractivity (Wildman–Crippen MR) is 88.4 cm³/mol. The Balaban J connectivity index is 2.15. The zero-order valence-electron chi connectivity index (χ0n) is 13.2. The van der Waals surface area contributed by atoms with Gasteiger partial charge in [0.25, 0.3) is 6.47 Å². The molecule has 0 aliphatic rings. The zero-order chi connectivity index (χ0) is 16.5. The summed E-state index contributed by atoms with van der Waals surface area (Å²) in [6.07, 6.45) is 6.56. The van der Waals surface area contributed by atoms with Crippen molar-refractivity contribution in [1.29, 1.82) is 0 Å². The lowest BCUT2D eigenvalue weighted by molar-refractivity contribution is -0.127. The maximum absolute atomic E-state index is 14.1. The lowest BCUT2D eigenvalue weighted by atomic mass is 10.1.